The monoisotopic (exact) mass is 404 g/mol. The highest BCUT2D eigenvalue weighted by molar-refractivity contribution is 6.31. The molecule has 0 aliphatic carbocycles. The van der Waals surface area contributed by atoms with Crippen LogP contribution in [0.4, 0.5) is 5.69 Å². The maximum atomic E-state index is 9.68. The first-order valence-electron chi connectivity index (χ1n) is 9.99. The van der Waals surface area contributed by atoms with Crippen molar-refractivity contribution in [2.45, 2.75) is 32.2 Å². The molecule has 0 saturated carbocycles. The summed E-state index contributed by atoms with van der Waals surface area (Å²) in [7, 11) is 0. The van der Waals surface area contributed by atoms with Crippen LogP contribution in [0.2, 0.25) is 5.02 Å². The summed E-state index contributed by atoms with van der Waals surface area (Å²) in [5.74, 6) is 0.774. The average Bonchev–Trinajstić information content (AvgIpc) is 2.88. The number of nitrogens with one attached hydrogen (secondary N) is 1. The normalized spacial score (nSPS) is 16.0. The predicted molar refractivity (Wildman–Crippen MR) is 122 cm³/mol. The molecule has 3 aromatic rings. The fourth-order valence-electron chi connectivity index (χ4n) is 3.67. The van der Waals surface area contributed by atoms with Crippen LogP contribution in [0, 0.1) is 0 Å². The summed E-state index contributed by atoms with van der Waals surface area (Å²) < 4.78 is 0. The molecule has 0 radical (unpaired) electrons. The third-order valence-electron chi connectivity index (χ3n) is 5.34. The Labute approximate surface area is 177 Å². The van der Waals surface area contributed by atoms with E-state index in [-0.39, 0.29) is 11.8 Å². The zero-order chi connectivity index (χ0) is 20.4. The zero-order valence-corrected chi connectivity index (χ0v) is 17.4. The Morgan fingerprint density at radius 1 is 1.03 bits per heavy atom. The van der Waals surface area contributed by atoms with Gasteiger partial charge in [0.05, 0.1) is 11.8 Å². The van der Waals surface area contributed by atoms with E-state index in [4.69, 9.17) is 16.6 Å². The zero-order valence-electron chi connectivity index (χ0n) is 16.7. The molecule has 3 aromatic carbocycles. The number of halogens is 1. The summed E-state index contributed by atoms with van der Waals surface area (Å²) in [4.78, 5) is 5.12. The molecule has 3 nitrogen and oxygen atoms in total. The van der Waals surface area contributed by atoms with Gasteiger partial charge in [0.1, 0.15) is 5.75 Å². The first-order valence-corrected chi connectivity index (χ1v) is 10.4. The van der Waals surface area contributed by atoms with Gasteiger partial charge in [0.15, 0.2) is 0 Å². The van der Waals surface area contributed by atoms with Gasteiger partial charge in [-0.05, 0) is 65.9 Å². The minimum Gasteiger partial charge on any atom is -0.508 e. The van der Waals surface area contributed by atoms with Gasteiger partial charge in [-0.2, -0.15) is 0 Å². The summed E-state index contributed by atoms with van der Waals surface area (Å²) >= 11 is 6.29. The molecule has 148 valence electrons. The number of hydrogen-bond acceptors (Lipinski definition) is 3. The predicted octanol–water partition coefficient (Wildman–Crippen LogP) is 6.04. The number of hydrogen-bond donors (Lipinski definition) is 2. The van der Waals surface area contributed by atoms with E-state index in [2.05, 4.69) is 43.4 Å². The van der Waals surface area contributed by atoms with E-state index in [1.165, 1.54) is 11.1 Å². The van der Waals surface area contributed by atoms with Gasteiger partial charge < -0.3 is 10.4 Å². The van der Waals surface area contributed by atoms with Crippen LogP contribution in [0.15, 0.2) is 71.7 Å². The summed E-state index contributed by atoms with van der Waals surface area (Å²) in [6.07, 6.45) is 0.856. The SMILES string of the molecule is CC(C)c1ccc(CC2CNc3ccc(Cl)cc3C(c3ccc(O)cc3)=N2)cc1. The van der Waals surface area contributed by atoms with Gasteiger partial charge >= 0.3 is 0 Å². The number of aromatic hydroxyl groups is 1. The lowest BCUT2D eigenvalue weighted by atomic mass is 9.98. The molecular weight excluding hydrogens is 380 g/mol. The van der Waals surface area contributed by atoms with E-state index < -0.39 is 0 Å². The van der Waals surface area contributed by atoms with Gasteiger partial charge in [-0.3, -0.25) is 4.99 Å². The molecule has 4 heteroatoms. The molecule has 0 fully saturated rings. The van der Waals surface area contributed by atoms with Crippen molar-refractivity contribution in [3.63, 3.8) is 0 Å². The van der Waals surface area contributed by atoms with E-state index in [1.807, 2.05) is 30.3 Å². The van der Waals surface area contributed by atoms with E-state index >= 15 is 0 Å². The molecule has 1 atom stereocenters. The Balaban J connectivity index is 1.70. The smallest absolute Gasteiger partial charge is 0.115 e. The molecule has 0 bridgehead atoms. The second-order valence-corrected chi connectivity index (χ2v) is 8.29. The minimum atomic E-state index is 0.0925. The van der Waals surface area contributed by atoms with Crippen molar-refractivity contribution in [1.82, 2.24) is 0 Å². The number of rotatable bonds is 4. The molecule has 2 N–H and O–H groups in total. The van der Waals surface area contributed by atoms with Gasteiger partial charge in [0.25, 0.3) is 0 Å². The number of aliphatic imine (C=N–C) groups is 1. The Morgan fingerprint density at radius 2 is 1.76 bits per heavy atom. The summed E-state index contributed by atoms with van der Waals surface area (Å²) in [6.45, 7) is 5.17. The van der Waals surface area contributed by atoms with Crippen LogP contribution < -0.4 is 5.32 Å². The molecule has 0 amide bonds. The van der Waals surface area contributed by atoms with Crippen LogP contribution in [0.25, 0.3) is 0 Å². The topological polar surface area (TPSA) is 44.6 Å². The molecular formula is C25H25ClN2O. The number of phenolic OH excluding ortho intramolecular Hbond substituents is 1. The quantitative estimate of drug-likeness (QED) is 0.556. The Kier molecular flexibility index (Phi) is 5.59. The molecule has 29 heavy (non-hydrogen) atoms. The second kappa shape index (κ2) is 8.30. The number of benzene rings is 3. The summed E-state index contributed by atoms with van der Waals surface area (Å²) in [5.41, 5.74) is 6.51. The standard InChI is InChI=1S/C25H25ClN2O/c1-16(2)18-5-3-17(4-6-18)13-21-15-27-24-12-9-20(26)14-23(24)25(28-21)19-7-10-22(29)11-8-19/h3-12,14,16,21,27,29H,13,15H2,1-2H3. The van der Waals surface area contributed by atoms with E-state index in [1.54, 1.807) is 12.1 Å². The van der Waals surface area contributed by atoms with Gasteiger partial charge in [0, 0.05) is 28.4 Å². The number of phenols is 1. The number of benzodiazepines with no additional fused rings is 1. The third-order valence-corrected chi connectivity index (χ3v) is 5.57. The molecule has 1 aliphatic rings. The number of fused-ring (bicyclic) bond motifs is 1. The third kappa shape index (κ3) is 4.46. The van der Waals surface area contributed by atoms with E-state index in [0.717, 1.165) is 35.5 Å². The van der Waals surface area contributed by atoms with Crippen molar-refractivity contribution in [1.29, 1.82) is 0 Å². The highest BCUT2D eigenvalue weighted by atomic mass is 35.5. The van der Waals surface area contributed by atoms with Crippen LogP contribution >= 0.6 is 11.6 Å². The molecule has 1 aliphatic heterocycles. The van der Waals surface area contributed by atoms with E-state index in [9.17, 15) is 5.11 Å². The largest absolute Gasteiger partial charge is 0.508 e. The van der Waals surface area contributed by atoms with Crippen molar-refractivity contribution in [2.24, 2.45) is 4.99 Å². The molecule has 1 unspecified atom stereocenters. The van der Waals surface area contributed by atoms with Crippen molar-refractivity contribution < 1.29 is 5.11 Å². The van der Waals surface area contributed by atoms with Crippen molar-refractivity contribution >= 4 is 23.0 Å². The lowest BCUT2D eigenvalue weighted by molar-refractivity contribution is 0.475. The van der Waals surface area contributed by atoms with Gasteiger partial charge in [-0.15, -0.1) is 0 Å². The Morgan fingerprint density at radius 3 is 2.45 bits per heavy atom. The Bertz CT molecular complexity index is 1020. The Hall–Kier alpha value is -2.78. The van der Waals surface area contributed by atoms with Crippen molar-refractivity contribution in [3.05, 3.63) is 94.0 Å². The summed E-state index contributed by atoms with van der Waals surface area (Å²) in [5, 5.41) is 13.9. The lowest BCUT2D eigenvalue weighted by Gasteiger charge is -2.14. The maximum Gasteiger partial charge on any atom is 0.115 e. The fraction of sp³-hybridized carbons (Fsp3) is 0.240. The highest BCUT2D eigenvalue weighted by Crippen LogP contribution is 2.28. The maximum absolute atomic E-state index is 9.68. The second-order valence-electron chi connectivity index (χ2n) is 7.85. The van der Waals surface area contributed by atoms with E-state index in [0.29, 0.717) is 10.9 Å². The molecule has 0 aromatic heterocycles. The first kappa shape index (κ1) is 19.5. The number of nitrogens with zero attached hydrogens (tertiary/aromatic N) is 1. The van der Waals surface area contributed by atoms with Crippen molar-refractivity contribution in [3.8, 4) is 5.75 Å². The van der Waals surface area contributed by atoms with Crippen LogP contribution in [0.5, 0.6) is 5.75 Å². The lowest BCUT2D eigenvalue weighted by Crippen LogP contribution is -2.20. The van der Waals surface area contributed by atoms with Gasteiger partial charge in [-0.1, -0.05) is 49.7 Å². The highest BCUT2D eigenvalue weighted by Gasteiger charge is 2.20. The van der Waals surface area contributed by atoms with Crippen molar-refractivity contribution in [2.75, 3.05) is 11.9 Å². The van der Waals surface area contributed by atoms with Gasteiger partial charge in [-0.25, -0.2) is 0 Å². The minimum absolute atomic E-state index is 0.0925. The molecule has 0 spiro atoms. The molecule has 4 rings (SSSR count). The number of anilines is 1. The van der Waals surface area contributed by atoms with Crippen LogP contribution in [-0.4, -0.2) is 23.4 Å². The molecule has 1 heterocycles. The first-order chi connectivity index (χ1) is 14.0. The van der Waals surface area contributed by atoms with Gasteiger partial charge in [0.2, 0.25) is 0 Å². The summed E-state index contributed by atoms with van der Waals surface area (Å²) in [6, 6.07) is 22.0. The molecule has 0 saturated heterocycles. The van der Waals surface area contributed by atoms with Crippen LogP contribution in [0.1, 0.15) is 42.0 Å². The average molecular weight is 405 g/mol. The van der Waals surface area contributed by atoms with Crippen LogP contribution in [0.3, 0.4) is 0 Å². The fourth-order valence-corrected chi connectivity index (χ4v) is 3.84. The van der Waals surface area contributed by atoms with Crippen LogP contribution in [-0.2, 0) is 6.42 Å².